The number of imidazole rings is 1. The van der Waals surface area contributed by atoms with Crippen LogP contribution in [0.25, 0.3) is 17.2 Å². The fourth-order valence-electron chi connectivity index (χ4n) is 2.81. The molecule has 11 heteroatoms. The summed E-state index contributed by atoms with van der Waals surface area (Å²) >= 11 is 0. The maximum Gasteiger partial charge on any atom is 0.289 e. The molecule has 3 heterocycles. The van der Waals surface area contributed by atoms with E-state index in [2.05, 4.69) is 25.5 Å². The van der Waals surface area contributed by atoms with Crippen molar-refractivity contribution in [2.75, 3.05) is 13.1 Å². The Balaban J connectivity index is 1.70. The molecule has 2 aromatic heterocycles. The number of carbonyl (C=O) groups is 1. The van der Waals surface area contributed by atoms with Gasteiger partial charge < -0.3 is 9.88 Å². The van der Waals surface area contributed by atoms with Gasteiger partial charge >= 0.3 is 0 Å². The second-order valence-electron chi connectivity index (χ2n) is 5.75. The summed E-state index contributed by atoms with van der Waals surface area (Å²) in [5.74, 6) is -4.53. The number of rotatable bonds is 3. The van der Waals surface area contributed by atoms with E-state index in [9.17, 15) is 18.0 Å². The fraction of sp³-hybridized carbons (Fsp3) is 0.267. The minimum absolute atomic E-state index is 0.00267. The molecule has 1 N–H and O–H groups in total. The van der Waals surface area contributed by atoms with Crippen LogP contribution in [0.3, 0.4) is 0 Å². The van der Waals surface area contributed by atoms with Crippen molar-refractivity contribution < 1.29 is 18.0 Å². The van der Waals surface area contributed by atoms with Crippen molar-refractivity contribution in [2.24, 2.45) is 0 Å². The van der Waals surface area contributed by atoms with Crippen LogP contribution in [0.5, 0.6) is 0 Å². The van der Waals surface area contributed by atoms with Gasteiger partial charge in [-0.3, -0.25) is 4.79 Å². The van der Waals surface area contributed by atoms with Crippen molar-refractivity contribution in [2.45, 2.75) is 12.8 Å². The number of H-pyrrole nitrogens is 1. The summed E-state index contributed by atoms with van der Waals surface area (Å²) in [6, 6.07) is 1.79. The molecule has 0 saturated carbocycles. The number of aromatic nitrogens is 6. The lowest BCUT2D eigenvalue weighted by Gasteiger charge is -2.12. The van der Waals surface area contributed by atoms with Gasteiger partial charge in [0.1, 0.15) is 11.4 Å². The first-order valence-electron chi connectivity index (χ1n) is 7.83. The molecule has 0 spiro atoms. The monoisotopic (exact) mass is 363 g/mol. The zero-order valence-electron chi connectivity index (χ0n) is 13.3. The smallest absolute Gasteiger partial charge is 0.289 e. The molecule has 4 rings (SSSR count). The number of hydrogen-bond donors (Lipinski definition) is 1. The van der Waals surface area contributed by atoms with Gasteiger partial charge in [-0.1, -0.05) is 0 Å². The molecular formula is C15H12F3N7O. The van der Waals surface area contributed by atoms with E-state index in [0.717, 1.165) is 29.7 Å². The summed E-state index contributed by atoms with van der Waals surface area (Å²) in [7, 11) is 0. The third-order valence-electron chi connectivity index (χ3n) is 4.13. The Hall–Kier alpha value is -3.24. The van der Waals surface area contributed by atoms with Gasteiger partial charge in [0.05, 0.1) is 6.20 Å². The SMILES string of the molecule is O=C(c1ncc(-c2nnnn2-c2ccc(F)c(F)c2F)[nH]1)N1CCCC1. The molecule has 0 unspecified atom stereocenters. The second-order valence-corrected chi connectivity index (χ2v) is 5.75. The van der Waals surface area contributed by atoms with E-state index in [1.54, 1.807) is 4.90 Å². The number of aromatic amines is 1. The molecule has 0 atom stereocenters. The molecule has 1 saturated heterocycles. The minimum Gasteiger partial charge on any atom is -0.336 e. The largest absolute Gasteiger partial charge is 0.336 e. The van der Waals surface area contributed by atoms with E-state index in [1.165, 1.54) is 6.20 Å². The minimum atomic E-state index is -1.63. The van der Waals surface area contributed by atoms with Crippen molar-refractivity contribution in [3.8, 4) is 17.2 Å². The number of amides is 1. The van der Waals surface area contributed by atoms with Crippen LogP contribution in [0.15, 0.2) is 18.3 Å². The first kappa shape index (κ1) is 16.2. The summed E-state index contributed by atoms with van der Waals surface area (Å²) in [5, 5.41) is 10.8. The number of halogens is 3. The van der Waals surface area contributed by atoms with E-state index in [0.29, 0.717) is 13.1 Å². The van der Waals surface area contributed by atoms with E-state index < -0.39 is 17.5 Å². The summed E-state index contributed by atoms with van der Waals surface area (Å²) in [5.41, 5.74) is -0.132. The van der Waals surface area contributed by atoms with Crippen molar-refractivity contribution in [3.63, 3.8) is 0 Å². The normalized spacial score (nSPS) is 14.2. The molecule has 0 aliphatic carbocycles. The average Bonchev–Trinajstić information content (AvgIpc) is 3.39. The highest BCUT2D eigenvalue weighted by Gasteiger charge is 2.24. The highest BCUT2D eigenvalue weighted by Crippen LogP contribution is 2.23. The molecule has 26 heavy (non-hydrogen) atoms. The second kappa shape index (κ2) is 6.24. The summed E-state index contributed by atoms with van der Waals surface area (Å²) in [4.78, 5) is 20.8. The van der Waals surface area contributed by atoms with Crippen molar-refractivity contribution in [3.05, 3.63) is 41.6 Å². The Morgan fingerprint density at radius 2 is 1.88 bits per heavy atom. The molecule has 0 radical (unpaired) electrons. The number of nitrogens with zero attached hydrogens (tertiary/aromatic N) is 6. The quantitative estimate of drug-likeness (QED) is 0.715. The van der Waals surface area contributed by atoms with E-state index in [1.807, 2.05) is 0 Å². The Kier molecular flexibility index (Phi) is 3.90. The van der Waals surface area contributed by atoms with Crippen LogP contribution < -0.4 is 0 Å². The molecular weight excluding hydrogens is 351 g/mol. The molecule has 1 fully saturated rings. The Bertz CT molecular complexity index is 978. The molecule has 1 aliphatic rings. The molecule has 3 aromatic rings. The van der Waals surface area contributed by atoms with Gasteiger partial charge in [0.15, 0.2) is 23.3 Å². The Morgan fingerprint density at radius 1 is 1.12 bits per heavy atom. The highest BCUT2D eigenvalue weighted by atomic mass is 19.2. The van der Waals surface area contributed by atoms with E-state index >= 15 is 0 Å². The van der Waals surface area contributed by atoms with E-state index in [-0.39, 0.29) is 28.9 Å². The molecule has 1 aromatic carbocycles. The molecule has 8 nitrogen and oxygen atoms in total. The number of benzene rings is 1. The number of hydrogen-bond acceptors (Lipinski definition) is 5. The standard InChI is InChI=1S/C15H12F3N7O/c16-8-3-4-10(12(18)11(8)17)25-14(21-22-23-25)9-7-19-13(20-9)15(26)24-5-1-2-6-24/h3-4,7H,1-2,5-6H2,(H,19,20). The summed E-state index contributed by atoms with van der Waals surface area (Å²) in [6.07, 6.45) is 3.20. The maximum absolute atomic E-state index is 14.0. The van der Waals surface area contributed by atoms with Crippen molar-refractivity contribution in [1.29, 1.82) is 0 Å². The molecule has 134 valence electrons. The van der Waals surface area contributed by atoms with Gasteiger partial charge in [-0.15, -0.1) is 5.10 Å². The van der Waals surface area contributed by atoms with Gasteiger partial charge in [0.2, 0.25) is 5.82 Å². The number of likely N-dealkylation sites (tertiary alicyclic amines) is 1. The van der Waals surface area contributed by atoms with Crippen LogP contribution in [0, 0.1) is 17.5 Å². The van der Waals surface area contributed by atoms with Crippen molar-refractivity contribution in [1.82, 2.24) is 35.1 Å². The molecule has 1 amide bonds. The van der Waals surface area contributed by atoms with Crippen LogP contribution in [0.1, 0.15) is 23.5 Å². The lowest BCUT2D eigenvalue weighted by atomic mass is 10.2. The summed E-state index contributed by atoms with van der Waals surface area (Å²) in [6.45, 7) is 1.32. The number of carbonyl (C=O) groups excluding carboxylic acids is 1. The average molecular weight is 363 g/mol. The van der Waals surface area contributed by atoms with Crippen LogP contribution in [0.4, 0.5) is 13.2 Å². The summed E-state index contributed by atoms with van der Waals surface area (Å²) < 4.78 is 41.6. The van der Waals surface area contributed by atoms with Crippen LogP contribution in [0.2, 0.25) is 0 Å². The van der Waals surface area contributed by atoms with Crippen LogP contribution >= 0.6 is 0 Å². The molecule has 0 bridgehead atoms. The predicted molar refractivity (Wildman–Crippen MR) is 81.7 cm³/mol. The number of nitrogens with one attached hydrogen (secondary N) is 1. The lowest BCUT2D eigenvalue weighted by Crippen LogP contribution is -2.28. The van der Waals surface area contributed by atoms with Gasteiger partial charge in [-0.25, -0.2) is 18.2 Å². The third-order valence-corrected chi connectivity index (χ3v) is 4.13. The predicted octanol–water partition coefficient (Wildman–Crippen LogP) is 1.71. The van der Waals surface area contributed by atoms with E-state index in [4.69, 9.17) is 0 Å². The van der Waals surface area contributed by atoms with Gasteiger partial charge in [-0.2, -0.15) is 4.68 Å². The topological polar surface area (TPSA) is 92.6 Å². The maximum atomic E-state index is 14.0. The Morgan fingerprint density at radius 3 is 2.65 bits per heavy atom. The highest BCUT2D eigenvalue weighted by molar-refractivity contribution is 5.91. The first-order valence-corrected chi connectivity index (χ1v) is 7.83. The van der Waals surface area contributed by atoms with Gasteiger partial charge in [0, 0.05) is 13.1 Å². The van der Waals surface area contributed by atoms with Gasteiger partial charge in [0.25, 0.3) is 5.91 Å². The van der Waals surface area contributed by atoms with Gasteiger partial charge in [-0.05, 0) is 35.4 Å². The Labute approximate surface area is 144 Å². The van der Waals surface area contributed by atoms with Crippen LogP contribution in [-0.4, -0.2) is 54.1 Å². The first-order chi connectivity index (χ1) is 12.6. The number of tetrazole rings is 1. The zero-order chi connectivity index (χ0) is 18.3. The van der Waals surface area contributed by atoms with Crippen LogP contribution in [-0.2, 0) is 0 Å². The zero-order valence-corrected chi connectivity index (χ0v) is 13.3. The van der Waals surface area contributed by atoms with Crippen molar-refractivity contribution >= 4 is 5.91 Å². The third kappa shape index (κ3) is 2.61. The molecule has 1 aliphatic heterocycles. The fourth-order valence-corrected chi connectivity index (χ4v) is 2.81. The lowest BCUT2D eigenvalue weighted by molar-refractivity contribution is 0.0782.